The summed E-state index contributed by atoms with van der Waals surface area (Å²) in [6.07, 6.45) is 1.48. The minimum absolute atomic E-state index is 0.134. The van der Waals surface area contributed by atoms with Crippen molar-refractivity contribution < 1.29 is 14.4 Å². The molecular formula is C14H18N4O3. The van der Waals surface area contributed by atoms with E-state index in [9.17, 15) is 14.4 Å². The van der Waals surface area contributed by atoms with Crippen LogP contribution in [0.1, 0.15) is 23.0 Å². The molecule has 0 radical (unpaired) electrons. The molecule has 1 aromatic heterocycles. The number of piperazine rings is 1. The lowest BCUT2D eigenvalue weighted by molar-refractivity contribution is -0.134. The van der Waals surface area contributed by atoms with Crippen molar-refractivity contribution in [2.24, 2.45) is 5.73 Å². The van der Waals surface area contributed by atoms with Crippen LogP contribution < -0.4 is 5.73 Å². The van der Waals surface area contributed by atoms with Gasteiger partial charge in [-0.25, -0.2) is 0 Å². The van der Waals surface area contributed by atoms with Crippen molar-refractivity contribution in [1.82, 2.24) is 14.8 Å². The predicted octanol–water partition coefficient (Wildman–Crippen LogP) is -0.452. The number of nitrogens with two attached hydrogens (primary N) is 1. The zero-order valence-electron chi connectivity index (χ0n) is 12.1. The maximum Gasteiger partial charge on any atom is 0.256 e. The molecule has 0 unspecified atom stereocenters. The molecule has 2 N–H and O–H groups in total. The maximum absolute atomic E-state index is 12.5. The number of aryl methyl sites for hydroxylation is 1. The van der Waals surface area contributed by atoms with E-state index in [1.165, 1.54) is 22.9 Å². The molecule has 0 aliphatic carbocycles. The molecule has 7 nitrogen and oxygen atoms in total. The Morgan fingerprint density at radius 3 is 2.52 bits per heavy atom. The third-order valence-corrected chi connectivity index (χ3v) is 3.57. The number of carbonyl (C=O) groups excluding carboxylic acids is 3. The van der Waals surface area contributed by atoms with Crippen molar-refractivity contribution in [2.45, 2.75) is 19.9 Å². The van der Waals surface area contributed by atoms with E-state index in [1.807, 2.05) is 6.92 Å². The Morgan fingerprint density at radius 1 is 1.29 bits per heavy atom. The molecule has 1 atom stereocenters. The SMILES string of the molecule is CC(=O)N1CCN(C(=O)c2ccc(C)nc2)[C@@H](C(N)=O)C1. The minimum Gasteiger partial charge on any atom is -0.368 e. The number of carbonyl (C=O) groups is 3. The number of primary amides is 1. The fraction of sp³-hybridized carbons (Fsp3) is 0.429. The molecule has 2 rings (SSSR count). The van der Waals surface area contributed by atoms with Crippen LogP contribution >= 0.6 is 0 Å². The molecule has 0 spiro atoms. The summed E-state index contributed by atoms with van der Waals surface area (Å²) >= 11 is 0. The van der Waals surface area contributed by atoms with Gasteiger partial charge in [-0.05, 0) is 19.1 Å². The van der Waals surface area contributed by atoms with E-state index < -0.39 is 11.9 Å². The van der Waals surface area contributed by atoms with Crippen molar-refractivity contribution in [3.63, 3.8) is 0 Å². The summed E-state index contributed by atoms with van der Waals surface area (Å²) in [6.45, 7) is 4.06. The van der Waals surface area contributed by atoms with Gasteiger partial charge in [0.1, 0.15) is 6.04 Å². The first-order chi connectivity index (χ1) is 9.90. The van der Waals surface area contributed by atoms with Gasteiger partial charge in [0.2, 0.25) is 11.8 Å². The van der Waals surface area contributed by atoms with Crippen molar-refractivity contribution in [1.29, 1.82) is 0 Å². The lowest BCUT2D eigenvalue weighted by Crippen LogP contribution is -2.60. The van der Waals surface area contributed by atoms with Gasteiger partial charge in [-0.2, -0.15) is 0 Å². The molecule has 1 aromatic rings. The Labute approximate surface area is 122 Å². The molecule has 1 aliphatic rings. The second-order valence-electron chi connectivity index (χ2n) is 5.07. The van der Waals surface area contributed by atoms with Crippen molar-refractivity contribution in [3.05, 3.63) is 29.6 Å². The fourth-order valence-corrected chi connectivity index (χ4v) is 2.32. The van der Waals surface area contributed by atoms with Gasteiger partial charge in [0.05, 0.1) is 12.1 Å². The van der Waals surface area contributed by atoms with E-state index in [2.05, 4.69) is 4.98 Å². The van der Waals surface area contributed by atoms with Gasteiger partial charge >= 0.3 is 0 Å². The number of pyridine rings is 1. The summed E-state index contributed by atoms with van der Waals surface area (Å²) in [7, 11) is 0. The van der Waals surface area contributed by atoms with E-state index in [4.69, 9.17) is 5.73 Å². The zero-order valence-corrected chi connectivity index (χ0v) is 12.1. The predicted molar refractivity (Wildman–Crippen MR) is 75.2 cm³/mol. The third-order valence-electron chi connectivity index (χ3n) is 3.57. The van der Waals surface area contributed by atoms with Gasteiger partial charge < -0.3 is 15.5 Å². The van der Waals surface area contributed by atoms with Gasteiger partial charge in [-0.3, -0.25) is 19.4 Å². The molecule has 1 aliphatic heterocycles. The number of amides is 3. The quantitative estimate of drug-likeness (QED) is 0.797. The standard InChI is InChI=1S/C14H18N4O3/c1-9-3-4-11(7-16-9)14(21)18-6-5-17(10(2)19)8-12(18)13(15)20/h3-4,7,12H,5-6,8H2,1-2H3,(H2,15,20)/t12-/m1/s1. The van der Waals surface area contributed by atoms with E-state index in [0.717, 1.165) is 5.69 Å². The van der Waals surface area contributed by atoms with Crippen LogP contribution in [-0.2, 0) is 9.59 Å². The largest absolute Gasteiger partial charge is 0.368 e. The second kappa shape index (κ2) is 5.90. The second-order valence-corrected chi connectivity index (χ2v) is 5.07. The van der Waals surface area contributed by atoms with Crippen molar-refractivity contribution >= 4 is 17.7 Å². The highest BCUT2D eigenvalue weighted by Gasteiger charge is 2.35. The summed E-state index contributed by atoms with van der Waals surface area (Å²) in [5.74, 6) is -1.05. The molecule has 0 bridgehead atoms. The first kappa shape index (κ1) is 15.0. The molecule has 1 fully saturated rings. The molecule has 0 saturated carbocycles. The highest BCUT2D eigenvalue weighted by Crippen LogP contribution is 2.14. The number of aromatic nitrogens is 1. The molecule has 112 valence electrons. The first-order valence-corrected chi connectivity index (χ1v) is 6.68. The average Bonchev–Trinajstić information content (AvgIpc) is 2.46. The Hall–Kier alpha value is -2.44. The van der Waals surface area contributed by atoms with Gasteiger partial charge in [0, 0.05) is 31.9 Å². The van der Waals surface area contributed by atoms with E-state index in [1.54, 1.807) is 12.1 Å². The lowest BCUT2D eigenvalue weighted by Gasteiger charge is -2.39. The van der Waals surface area contributed by atoms with Crippen LogP contribution in [0.15, 0.2) is 18.3 Å². The van der Waals surface area contributed by atoms with Crippen molar-refractivity contribution in [2.75, 3.05) is 19.6 Å². The van der Waals surface area contributed by atoms with Gasteiger partial charge in [-0.15, -0.1) is 0 Å². The van der Waals surface area contributed by atoms with Gasteiger partial charge in [-0.1, -0.05) is 0 Å². The monoisotopic (exact) mass is 290 g/mol. The summed E-state index contributed by atoms with van der Waals surface area (Å²) in [4.78, 5) is 42.5. The van der Waals surface area contributed by atoms with Crippen LogP contribution in [0.25, 0.3) is 0 Å². The first-order valence-electron chi connectivity index (χ1n) is 6.68. The van der Waals surface area contributed by atoms with E-state index in [0.29, 0.717) is 12.1 Å². The highest BCUT2D eigenvalue weighted by molar-refractivity contribution is 5.97. The minimum atomic E-state index is -0.809. The summed E-state index contributed by atoms with van der Waals surface area (Å²) < 4.78 is 0. The topological polar surface area (TPSA) is 96.6 Å². The van der Waals surface area contributed by atoms with Gasteiger partial charge in [0.15, 0.2) is 0 Å². The van der Waals surface area contributed by atoms with E-state index in [-0.39, 0.29) is 24.9 Å². The van der Waals surface area contributed by atoms with Crippen LogP contribution in [0, 0.1) is 6.92 Å². The summed E-state index contributed by atoms with van der Waals surface area (Å²) in [5, 5.41) is 0. The van der Waals surface area contributed by atoms with Crippen LogP contribution in [0.3, 0.4) is 0 Å². The van der Waals surface area contributed by atoms with Crippen molar-refractivity contribution in [3.8, 4) is 0 Å². The van der Waals surface area contributed by atoms with E-state index >= 15 is 0 Å². The Balaban J connectivity index is 2.21. The fourth-order valence-electron chi connectivity index (χ4n) is 2.32. The highest BCUT2D eigenvalue weighted by atomic mass is 16.2. The zero-order chi connectivity index (χ0) is 15.6. The lowest BCUT2D eigenvalue weighted by atomic mass is 10.1. The Kier molecular flexibility index (Phi) is 4.21. The summed E-state index contributed by atoms with van der Waals surface area (Å²) in [6, 6.07) is 2.59. The van der Waals surface area contributed by atoms with Crippen LogP contribution in [0.2, 0.25) is 0 Å². The number of rotatable bonds is 2. The van der Waals surface area contributed by atoms with Gasteiger partial charge in [0.25, 0.3) is 5.91 Å². The Bertz CT molecular complexity index is 570. The Morgan fingerprint density at radius 2 is 2.00 bits per heavy atom. The average molecular weight is 290 g/mol. The molecule has 2 heterocycles. The maximum atomic E-state index is 12.5. The molecule has 1 saturated heterocycles. The normalized spacial score (nSPS) is 18.5. The smallest absolute Gasteiger partial charge is 0.256 e. The molecule has 7 heteroatoms. The van der Waals surface area contributed by atoms with Crippen LogP contribution in [0.4, 0.5) is 0 Å². The number of hydrogen-bond donors (Lipinski definition) is 1. The van der Waals surface area contributed by atoms with Crippen LogP contribution in [-0.4, -0.2) is 58.2 Å². The van der Waals surface area contributed by atoms with Crippen LogP contribution in [0.5, 0.6) is 0 Å². The molecule has 21 heavy (non-hydrogen) atoms. The number of nitrogens with zero attached hydrogens (tertiary/aromatic N) is 3. The molecular weight excluding hydrogens is 272 g/mol. The summed E-state index contributed by atoms with van der Waals surface area (Å²) in [5.41, 5.74) is 6.58. The third kappa shape index (κ3) is 3.18. The molecule has 3 amide bonds. The molecule has 0 aromatic carbocycles. The number of hydrogen-bond acceptors (Lipinski definition) is 4.